The average Bonchev–Trinajstić information content (AvgIpc) is 3.14. The molecule has 1 aromatic rings. The van der Waals surface area contributed by atoms with Crippen LogP contribution in [0, 0.1) is 0 Å². The Balaban J connectivity index is 1.44. The fraction of sp³-hybridized carbons (Fsp3) is 0.714. The van der Waals surface area contributed by atoms with Crippen molar-refractivity contribution in [2.75, 3.05) is 6.54 Å². The summed E-state index contributed by atoms with van der Waals surface area (Å²) < 4.78 is 13.1. The number of nitrogens with two attached hydrogens (primary N) is 1. The van der Waals surface area contributed by atoms with Gasteiger partial charge in [-0.1, -0.05) is 0 Å². The highest BCUT2D eigenvalue weighted by atomic mass is 16.6. The van der Waals surface area contributed by atoms with Gasteiger partial charge in [0.2, 0.25) is 5.91 Å². The van der Waals surface area contributed by atoms with Crippen LogP contribution in [0.25, 0.3) is 0 Å². The first-order valence-corrected chi connectivity index (χ1v) is 7.50. The second-order valence-corrected chi connectivity index (χ2v) is 5.90. The Labute approximate surface area is 128 Å². The molecule has 122 valence electrons. The van der Waals surface area contributed by atoms with E-state index in [4.69, 9.17) is 15.2 Å². The standard InChI is InChI=1S/C14H22N4O4/c1-18-7-8(6-17-18)5-16-12(19)3-9-2-10-14(21-9)13(20)11(4-15)22-10/h6-7,9-11,13-14,20H,2-5,15H2,1H3,(H,16,19)/t9-,10+,11+,13+,14-/m0/s1. The summed E-state index contributed by atoms with van der Waals surface area (Å²) in [5, 5.41) is 16.9. The molecule has 0 saturated carbocycles. The van der Waals surface area contributed by atoms with Crippen molar-refractivity contribution in [3.8, 4) is 0 Å². The predicted molar refractivity (Wildman–Crippen MR) is 76.7 cm³/mol. The molecular weight excluding hydrogens is 288 g/mol. The lowest BCUT2D eigenvalue weighted by Crippen LogP contribution is -2.37. The van der Waals surface area contributed by atoms with Crippen LogP contribution in [0.4, 0.5) is 0 Å². The van der Waals surface area contributed by atoms with Crippen LogP contribution in [0.2, 0.25) is 0 Å². The van der Waals surface area contributed by atoms with Crippen LogP contribution in [-0.4, -0.2) is 57.9 Å². The predicted octanol–water partition coefficient (Wildman–Crippen LogP) is -1.33. The van der Waals surface area contributed by atoms with Crippen LogP contribution in [0.5, 0.6) is 0 Å². The van der Waals surface area contributed by atoms with Crippen LogP contribution in [0.1, 0.15) is 18.4 Å². The molecule has 0 aliphatic carbocycles. The normalized spacial score (nSPS) is 33.9. The van der Waals surface area contributed by atoms with E-state index in [0.29, 0.717) is 13.0 Å². The molecule has 2 fully saturated rings. The Bertz CT molecular complexity index is 535. The lowest BCUT2D eigenvalue weighted by Gasteiger charge is -2.18. The number of carbonyl (C=O) groups is 1. The first-order valence-electron chi connectivity index (χ1n) is 7.50. The Kier molecular flexibility index (Phi) is 4.44. The Morgan fingerprint density at radius 2 is 2.41 bits per heavy atom. The van der Waals surface area contributed by atoms with Gasteiger partial charge in [0.05, 0.1) is 30.9 Å². The molecule has 8 heteroatoms. The maximum absolute atomic E-state index is 12.0. The zero-order chi connectivity index (χ0) is 15.7. The summed E-state index contributed by atoms with van der Waals surface area (Å²) in [6.07, 6.45) is 2.60. The average molecular weight is 310 g/mol. The van der Waals surface area contributed by atoms with Gasteiger partial charge in [-0.3, -0.25) is 9.48 Å². The zero-order valence-corrected chi connectivity index (χ0v) is 12.5. The fourth-order valence-corrected chi connectivity index (χ4v) is 3.08. The number of hydrogen-bond donors (Lipinski definition) is 3. The van der Waals surface area contributed by atoms with Crippen LogP contribution < -0.4 is 11.1 Å². The van der Waals surface area contributed by atoms with Crippen molar-refractivity contribution in [2.24, 2.45) is 12.8 Å². The van der Waals surface area contributed by atoms with E-state index >= 15 is 0 Å². The van der Waals surface area contributed by atoms with Gasteiger partial charge in [-0.15, -0.1) is 0 Å². The van der Waals surface area contributed by atoms with Crippen molar-refractivity contribution >= 4 is 5.91 Å². The number of fused-ring (bicyclic) bond motifs is 1. The van der Waals surface area contributed by atoms with E-state index in [1.54, 1.807) is 10.9 Å². The third-order valence-electron chi connectivity index (χ3n) is 4.17. The van der Waals surface area contributed by atoms with E-state index in [0.717, 1.165) is 5.56 Å². The summed E-state index contributed by atoms with van der Waals surface area (Å²) in [4.78, 5) is 12.0. The first-order chi connectivity index (χ1) is 10.6. The van der Waals surface area contributed by atoms with E-state index in [2.05, 4.69) is 10.4 Å². The number of aliphatic hydroxyl groups excluding tert-OH is 1. The summed E-state index contributed by atoms with van der Waals surface area (Å²) in [5.74, 6) is -0.0845. The molecule has 5 atom stereocenters. The van der Waals surface area contributed by atoms with E-state index in [1.165, 1.54) is 0 Å². The number of nitrogens with one attached hydrogen (secondary N) is 1. The van der Waals surface area contributed by atoms with Gasteiger partial charge in [0.25, 0.3) is 0 Å². The molecule has 3 heterocycles. The van der Waals surface area contributed by atoms with Crippen molar-refractivity contribution in [3.05, 3.63) is 18.0 Å². The number of hydrogen-bond acceptors (Lipinski definition) is 6. The van der Waals surface area contributed by atoms with E-state index < -0.39 is 6.10 Å². The van der Waals surface area contributed by atoms with Crippen molar-refractivity contribution in [2.45, 2.75) is 49.9 Å². The van der Waals surface area contributed by atoms with Gasteiger partial charge >= 0.3 is 0 Å². The van der Waals surface area contributed by atoms with Crippen LogP contribution in [0.15, 0.2) is 12.4 Å². The van der Waals surface area contributed by atoms with E-state index in [9.17, 15) is 9.90 Å². The molecule has 0 bridgehead atoms. The van der Waals surface area contributed by atoms with Crippen LogP contribution in [-0.2, 0) is 27.9 Å². The fourth-order valence-electron chi connectivity index (χ4n) is 3.08. The first kappa shape index (κ1) is 15.4. The summed E-state index contributed by atoms with van der Waals surface area (Å²) in [7, 11) is 1.83. The molecule has 3 rings (SSSR count). The number of rotatable bonds is 5. The van der Waals surface area contributed by atoms with Crippen LogP contribution in [0.3, 0.4) is 0 Å². The minimum atomic E-state index is -0.710. The van der Waals surface area contributed by atoms with Gasteiger partial charge in [0.15, 0.2) is 0 Å². The highest BCUT2D eigenvalue weighted by Gasteiger charge is 2.50. The molecular formula is C14H22N4O4. The summed E-state index contributed by atoms with van der Waals surface area (Å²) in [6.45, 7) is 0.717. The molecule has 0 aromatic carbocycles. The number of aromatic nitrogens is 2. The third kappa shape index (κ3) is 3.14. The Hall–Kier alpha value is -1.48. The highest BCUT2D eigenvalue weighted by Crippen LogP contribution is 2.35. The smallest absolute Gasteiger partial charge is 0.222 e. The number of amides is 1. The molecule has 2 aliphatic rings. The largest absolute Gasteiger partial charge is 0.388 e. The summed E-state index contributed by atoms with van der Waals surface area (Å²) in [5.41, 5.74) is 6.48. The molecule has 0 unspecified atom stereocenters. The molecule has 0 spiro atoms. The number of carbonyl (C=O) groups excluding carboxylic acids is 1. The van der Waals surface area contributed by atoms with Gasteiger partial charge in [0.1, 0.15) is 12.2 Å². The van der Waals surface area contributed by atoms with Crippen molar-refractivity contribution < 1.29 is 19.4 Å². The van der Waals surface area contributed by atoms with E-state index in [-0.39, 0.29) is 43.3 Å². The quantitative estimate of drug-likeness (QED) is 0.621. The minimum absolute atomic E-state index is 0.0845. The SMILES string of the molecule is Cn1cc(CNC(=O)C[C@@H]2C[C@H]3O[C@H](CN)[C@@H](O)[C@H]3O2)cn1. The van der Waals surface area contributed by atoms with Gasteiger partial charge in [-0.25, -0.2) is 0 Å². The zero-order valence-electron chi connectivity index (χ0n) is 12.5. The Morgan fingerprint density at radius 1 is 1.59 bits per heavy atom. The van der Waals surface area contributed by atoms with Crippen LogP contribution >= 0.6 is 0 Å². The second kappa shape index (κ2) is 6.33. The lowest BCUT2D eigenvalue weighted by molar-refractivity contribution is -0.124. The maximum atomic E-state index is 12.0. The van der Waals surface area contributed by atoms with Crippen molar-refractivity contribution in [3.63, 3.8) is 0 Å². The molecule has 4 N–H and O–H groups in total. The molecule has 2 aliphatic heterocycles. The summed E-state index contributed by atoms with van der Waals surface area (Å²) in [6, 6.07) is 0. The molecule has 1 amide bonds. The van der Waals surface area contributed by atoms with Gasteiger partial charge in [-0.2, -0.15) is 5.10 Å². The van der Waals surface area contributed by atoms with Gasteiger partial charge in [0, 0.05) is 38.3 Å². The highest BCUT2D eigenvalue weighted by molar-refractivity contribution is 5.76. The second-order valence-electron chi connectivity index (χ2n) is 5.90. The maximum Gasteiger partial charge on any atom is 0.222 e. The molecule has 22 heavy (non-hydrogen) atoms. The molecule has 1 aromatic heterocycles. The van der Waals surface area contributed by atoms with E-state index in [1.807, 2.05) is 13.2 Å². The number of ether oxygens (including phenoxy) is 2. The third-order valence-corrected chi connectivity index (χ3v) is 4.17. The topological polar surface area (TPSA) is 112 Å². The number of nitrogens with zero attached hydrogens (tertiary/aromatic N) is 2. The van der Waals surface area contributed by atoms with Crippen molar-refractivity contribution in [1.82, 2.24) is 15.1 Å². The number of aliphatic hydroxyl groups is 1. The van der Waals surface area contributed by atoms with Gasteiger partial charge in [-0.05, 0) is 0 Å². The van der Waals surface area contributed by atoms with Gasteiger partial charge < -0.3 is 25.6 Å². The summed E-state index contributed by atoms with van der Waals surface area (Å²) >= 11 is 0. The molecule has 8 nitrogen and oxygen atoms in total. The lowest BCUT2D eigenvalue weighted by atomic mass is 10.1. The molecule has 2 saturated heterocycles. The monoisotopic (exact) mass is 310 g/mol. The van der Waals surface area contributed by atoms with Crippen molar-refractivity contribution in [1.29, 1.82) is 0 Å². The molecule has 0 radical (unpaired) electrons. The number of aryl methyl sites for hydroxylation is 1. The minimum Gasteiger partial charge on any atom is -0.388 e. The Morgan fingerprint density at radius 3 is 3.05 bits per heavy atom.